The van der Waals surface area contributed by atoms with Crippen LogP contribution < -0.4 is 10.6 Å². The van der Waals surface area contributed by atoms with Gasteiger partial charge in [0.25, 0.3) is 5.91 Å². The molecule has 1 saturated heterocycles. The minimum Gasteiger partial charge on any atom is -0.491 e. The normalized spacial score (nSPS) is 16.4. The first-order chi connectivity index (χ1) is 16.9. The van der Waals surface area contributed by atoms with E-state index in [9.17, 15) is 14.4 Å². The molecule has 0 aliphatic carbocycles. The number of benzene rings is 2. The molecule has 2 N–H and O–H groups in total. The number of aryl methyl sites for hydroxylation is 1. The third kappa shape index (κ3) is 8.09. The fraction of sp³-hybridized carbons (Fsp3) is 0.423. The highest BCUT2D eigenvalue weighted by molar-refractivity contribution is 8.15. The van der Waals surface area contributed by atoms with Crippen LogP contribution in [0.2, 0.25) is 0 Å². The van der Waals surface area contributed by atoms with Crippen molar-refractivity contribution in [2.75, 3.05) is 13.4 Å². The minimum atomic E-state index is -0.511. The van der Waals surface area contributed by atoms with Crippen LogP contribution in [0.25, 0.3) is 0 Å². The first kappa shape index (κ1) is 26.7. The number of ether oxygens (including phenoxy) is 3. The SMILES string of the molecule is CCCCCC(=O)OCOC(COc1ccc(CC2SC(=O)N(N)C2=O)cc1)c1ccc(C)cc1. The Kier molecular flexibility index (Phi) is 10.1. The topological polar surface area (TPSA) is 108 Å². The van der Waals surface area contributed by atoms with Crippen molar-refractivity contribution >= 4 is 28.9 Å². The van der Waals surface area contributed by atoms with Crippen molar-refractivity contribution in [3.63, 3.8) is 0 Å². The van der Waals surface area contributed by atoms with Crippen LogP contribution in [0.3, 0.4) is 0 Å². The van der Waals surface area contributed by atoms with E-state index in [2.05, 4.69) is 6.92 Å². The zero-order valence-corrected chi connectivity index (χ0v) is 20.9. The molecular weight excluding hydrogens is 468 g/mol. The number of hydrogen-bond donors (Lipinski definition) is 1. The van der Waals surface area contributed by atoms with Gasteiger partial charge in [0.1, 0.15) is 18.5 Å². The fourth-order valence-electron chi connectivity index (χ4n) is 3.51. The van der Waals surface area contributed by atoms with Crippen LogP contribution in [0.4, 0.5) is 4.79 Å². The lowest BCUT2D eigenvalue weighted by atomic mass is 10.1. The Bertz CT molecular complexity index is 996. The highest BCUT2D eigenvalue weighted by Gasteiger charge is 2.37. The van der Waals surface area contributed by atoms with Crippen LogP contribution in [0.5, 0.6) is 5.75 Å². The van der Waals surface area contributed by atoms with Gasteiger partial charge in [-0.05, 0) is 54.8 Å². The predicted molar refractivity (Wildman–Crippen MR) is 134 cm³/mol. The fourth-order valence-corrected chi connectivity index (χ4v) is 4.44. The maximum atomic E-state index is 12.0. The molecule has 2 aromatic rings. The average Bonchev–Trinajstić information content (AvgIpc) is 3.09. The van der Waals surface area contributed by atoms with Gasteiger partial charge in [0.2, 0.25) is 0 Å². The molecule has 0 radical (unpaired) electrons. The summed E-state index contributed by atoms with van der Waals surface area (Å²) in [6.07, 6.45) is 3.21. The summed E-state index contributed by atoms with van der Waals surface area (Å²) in [6.45, 7) is 4.17. The molecule has 0 saturated carbocycles. The monoisotopic (exact) mass is 500 g/mol. The van der Waals surface area contributed by atoms with Gasteiger partial charge in [-0.3, -0.25) is 14.4 Å². The van der Waals surface area contributed by atoms with Crippen molar-refractivity contribution in [3.8, 4) is 5.75 Å². The molecule has 0 bridgehead atoms. The molecular formula is C26H32N2O6S. The molecule has 1 aliphatic heterocycles. The number of unbranched alkanes of at least 4 members (excludes halogenated alkanes) is 2. The number of esters is 1. The Morgan fingerprint density at radius 2 is 1.80 bits per heavy atom. The smallest absolute Gasteiger partial charge is 0.307 e. The molecule has 9 heteroatoms. The standard InChI is InChI=1S/C26H32N2O6S/c1-3-4-5-6-24(29)34-17-33-22(20-11-7-18(2)8-12-20)16-32-21-13-9-19(10-14-21)15-23-25(30)28(27)26(31)35-23/h7-14,22-23H,3-6,15-17,27H2,1-2H3. The predicted octanol–water partition coefficient (Wildman–Crippen LogP) is 4.69. The van der Waals surface area contributed by atoms with E-state index in [4.69, 9.17) is 20.1 Å². The first-order valence-corrected chi connectivity index (χ1v) is 12.6. The number of amides is 2. The number of rotatable bonds is 13. The van der Waals surface area contributed by atoms with Crippen LogP contribution in [-0.4, -0.2) is 40.8 Å². The van der Waals surface area contributed by atoms with Gasteiger partial charge < -0.3 is 14.2 Å². The van der Waals surface area contributed by atoms with E-state index in [0.29, 0.717) is 23.6 Å². The second kappa shape index (κ2) is 13.3. The number of thioether (sulfide) groups is 1. The molecule has 1 heterocycles. The van der Waals surface area contributed by atoms with E-state index < -0.39 is 16.6 Å². The zero-order chi connectivity index (χ0) is 25.2. The third-order valence-electron chi connectivity index (χ3n) is 5.62. The highest BCUT2D eigenvalue weighted by atomic mass is 32.2. The van der Waals surface area contributed by atoms with E-state index in [1.54, 1.807) is 12.1 Å². The molecule has 1 aliphatic rings. The number of imide groups is 1. The maximum Gasteiger partial charge on any atom is 0.307 e. The molecule has 8 nitrogen and oxygen atoms in total. The molecule has 1 fully saturated rings. The summed E-state index contributed by atoms with van der Waals surface area (Å²) >= 11 is 0.937. The van der Waals surface area contributed by atoms with Gasteiger partial charge in [-0.15, -0.1) is 0 Å². The van der Waals surface area contributed by atoms with Crippen molar-refractivity contribution < 1.29 is 28.6 Å². The second-order valence-corrected chi connectivity index (χ2v) is 9.55. The molecule has 2 amide bonds. The largest absolute Gasteiger partial charge is 0.491 e. The Labute approximate surface area is 210 Å². The van der Waals surface area contributed by atoms with E-state index in [-0.39, 0.29) is 25.3 Å². The van der Waals surface area contributed by atoms with Crippen molar-refractivity contribution in [1.29, 1.82) is 0 Å². The van der Waals surface area contributed by atoms with Crippen molar-refractivity contribution in [2.24, 2.45) is 5.84 Å². The van der Waals surface area contributed by atoms with Crippen molar-refractivity contribution in [2.45, 2.75) is 57.3 Å². The van der Waals surface area contributed by atoms with Crippen LogP contribution in [0.1, 0.15) is 55.4 Å². The van der Waals surface area contributed by atoms with Gasteiger partial charge in [0.15, 0.2) is 6.79 Å². The summed E-state index contributed by atoms with van der Waals surface area (Å²) in [5.41, 5.74) is 2.94. The number of carbonyl (C=O) groups excluding carboxylic acids is 3. The summed E-state index contributed by atoms with van der Waals surface area (Å²) in [7, 11) is 0. The van der Waals surface area contributed by atoms with Crippen molar-refractivity contribution in [1.82, 2.24) is 5.01 Å². The van der Waals surface area contributed by atoms with Gasteiger partial charge in [-0.1, -0.05) is 61.7 Å². The first-order valence-electron chi connectivity index (χ1n) is 11.7. The second-order valence-electron chi connectivity index (χ2n) is 8.40. The summed E-state index contributed by atoms with van der Waals surface area (Å²) in [5.74, 6) is 5.43. The summed E-state index contributed by atoms with van der Waals surface area (Å²) < 4.78 is 17.0. The molecule has 0 spiro atoms. The number of carbonyl (C=O) groups is 3. The molecule has 188 valence electrons. The highest BCUT2D eigenvalue weighted by Crippen LogP contribution is 2.28. The van der Waals surface area contributed by atoms with Crippen LogP contribution in [-0.2, 0) is 25.5 Å². The van der Waals surface area contributed by atoms with Crippen LogP contribution in [0.15, 0.2) is 48.5 Å². The molecule has 2 unspecified atom stereocenters. The average molecular weight is 501 g/mol. The van der Waals surface area contributed by atoms with Gasteiger partial charge in [0, 0.05) is 6.42 Å². The van der Waals surface area contributed by atoms with Crippen LogP contribution >= 0.6 is 11.8 Å². The van der Waals surface area contributed by atoms with E-state index >= 15 is 0 Å². The Morgan fingerprint density at radius 1 is 1.09 bits per heavy atom. The lowest BCUT2D eigenvalue weighted by Gasteiger charge is -2.19. The number of hydrazine groups is 1. The summed E-state index contributed by atoms with van der Waals surface area (Å²) in [5, 5.41) is -0.280. The molecule has 2 atom stereocenters. The molecule has 2 aromatic carbocycles. The Balaban J connectivity index is 1.54. The summed E-state index contributed by atoms with van der Waals surface area (Å²) in [6, 6.07) is 15.2. The Morgan fingerprint density at radius 3 is 2.43 bits per heavy atom. The molecule has 0 aromatic heterocycles. The minimum absolute atomic E-state index is 0.143. The van der Waals surface area contributed by atoms with E-state index in [1.165, 1.54) is 0 Å². The van der Waals surface area contributed by atoms with Gasteiger partial charge in [0.05, 0.1) is 5.25 Å². The number of nitrogens with zero attached hydrogens (tertiary/aromatic N) is 1. The van der Waals surface area contributed by atoms with Crippen LogP contribution in [0, 0.1) is 6.92 Å². The van der Waals surface area contributed by atoms with Gasteiger partial charge in [-0.2, -0.15) is 0 Å². The number of hydrogen-bond acceptors (Lipinski definition) is 8. The quantitative estimate of drug-likeness (QED) is 0.139. The third-order valence-corrected chi connectivity index (χ3v) is 6.67. The Hall–Kier alpha value is -2.88. The molecule has 35 heavy (non-hydrogen) atoms. The lowest BCUT2D eigenvalue weighted by Crippen LogP contribution is -2.37. The molecule has 3 rings (SSSR count). The van der Waals surface area contributed by atoms with Gasteiger partial charge >= 0.3 is 11.2 Å². The number of nitrogens with two attached hydrogens (primary N) is 1. The lowest BCUT2D eigenvalue weighted by molar-refractivity contribution is -0.163. The zero-order valence-electron chi connectivity index (χ0n) is 20.1. The van der Waals surface area contributed by atoms with E-state index in [1.807, 2.05) is 43.3 Å². The van der Waals surface area contributed by atoms with Gasteiger partial charge in [-0.25, -0.2) is 10.9 Å². The summed E-state index contributed by atoms with van der Waals surface area (Å²) in [4.78, 5) is 35.5. The maximum absolute atomic E-state index is 12.0. The van der Waals surface area contributed by atoms with Crippen molar-refractivity contribution in [3.05, 3.63) is 65.2 Å². The van der Waals surface area contributed by atoms with E-state index in [0.717, 1.165) is 47.7 Å².